The first kappa shape index (κ1) is 14.5. The van der Waals surface area contributed by atoms with E-state index < -0.39 is 0 Å². The maximum atomic E-state index is 4.72. The molecule has 0 bridgehead atoms. The smallest absolute Gasteiger partial charge is 0.0936 e. The number of pyridine rings is 1. The first-order chi connectivity index (χ1) is 11.7. The van der Waals surface area contributed by atoms with Gasteiger partial charge in [0.1, 0.15) is 0 Å². The lowest BCUT2D eigenvalue weighted by molar-refractivity contribution is 0.965. The van der Waals surface area contributed by atoms with Crippen molar-refractivity contribution in [1.29, 1.82) is 0 Å². The van der Waals surface area contributed by atoms with E-state index in [0.29, 0.717) is 0 Å². The second-order valence-electron chi connectivity index (χ2n) is 5.96. The van der Waals surface area contributed by atoms with Crippen molar-refractivity contribution >= 4 is 11.2 Å². The molecule has 118 valence electrons. The van der Waals surface area contributed by atoms with Gasteiger partial charge in [-0.2, -0.15) is 5.10 Å². The molecule has 0 saturated carbocycles. The van der Waals surface area contributed by atoms with Crippen molar-refractivity contribution in [2.75, 3.05) is 12.4 Å². The van der Waals surface area contributed by atoms with Gasteiger partial charge in [-0.3, -0.25) is 0 Å². The lowest BCUT2D eigenvalue weighted by Crippen LogP contribution is -1.90. The predicted octanol–water partition coefficient (Wildman–Crippen LogP) is 5.02. The van der Waals surface area contributed by atoms with Crippen LogP contribution in [0.5, 0.6) is 0 Å². The van der Waals surface area contributed by atoms with Crippen molar-refractivity contribution in [2.45, 2.75) is 6.92 Å². The van der Waals surface area contributed by atoms with Gasteiger partial charge in [0.15, 0.2) is 0 Å². The molecule has 2 heterocycles. The van der Waals surface area contributed by atoms with E-state index in [-0.39, 0.29) is 0 Å². The fraction of sp³-hybridized carbons (Fsp3) is 0.0952. The van der Waals surface area contributed by atoms with Gasteiger partial charge in [0.2, 0.25) is 0 Å². The minimum absolute atomic E-state index is 1.01. The maximum Gasteiger partial charge on any atom is 0.0936 e. The molecule has 0 amide bonds. The van der Waals surface area contributed by atoms with Crippen molar-refractivity contribution in [1.82, 2.24) is 9.61 Å². The largest absolute Gasteiger partial charge is 0.388 e. The Morgan fingerprint density at radius 3 is 2.54 bits per heavy atom. The molecule has 4 aromatic rings. The lowest BCUT2D eigenvalue weighted by atomic mass is 10.0. The van der Waals surface area contributed by atoms with Crippen LogP contribution in [-0.4, -0.2) is 16.7 Å². The monoisotopic (exact) mass is 313 g/mol. The Kier molecular flexibility index (Phi) is 3.54. The Bertz CT molecular complexity index is 1010. The fourth-order valence-electron chi connectivity index (χ4n) is 3.02. The Balaban J connectivity index is 1.80. The number of aromatic nitrogens is 2. The second-order valence-corrected chi connectivity index (χ2v) is 5.96. The molecule has 3 heteroatoms. The van der Waals surface area contributed by atoms with Gasteiger partial charge >= 0.3 is 0 Å². The van der Waals surface area contributed by atoms with Gasteiger partial charge in [0.05, 0.1) is 11.2 Å². The molecule has 4 rings (SSSR count). The van der Waals surface area contributed by atoms with E-state index in [1.165, 1.54) is 22.3 Å². The highest BCUT2D eigenvalue weighted by atomic mass is 15.2. The normalized spacial score (nSPS) is 10.9. The quantitative estimate of drug-likeness (QED) is 0.575. The summed E-state index contributed by atoms with van der Waals surface area (Å²) in [5.74, 6) is 0. The Labute approximate surface area is 141 Å². The number of hydrogen-bond donors (Lipinski definition) is 1. The van der Waals surface area contributed by atoms with Crippen molar-refractivity contribution in [3.63, 3.8) is 0 Å². The van der Waals surface area contributed by atoms with Crippen LogP contribution in [0.3, 0.4) is 0 Å². The zero-order valence-electron chi connectivity index (χ0n) is 13.8. The van der Waals surface area contributed by atoms with Crippen LogP contribution in [0.15, 0.2) is 72.9 Å². The molecule has 0 aliphatic heterocycles. The third-order valence-electron chi connectivity index (χ3n) is 4.37. The van der Waals surface area contributed by atoms with Crippen LogP contribution in [0.2, 0.25) is 0 Å². The van der Waals surface area contributed by atoms with Crippen LogP contribution in [0.4, 0.5) is 5.69 Å². The summed E-state index contributed by atoms with van der Waals surface area (Å²) >= 11 is 0. The molecule has 1 N–H and O–H groups in total. The summed E-state index contributed by atoms with van der Waals surface area (Å²) in [5.41, 5.74) is 8.03. The van der Waals surface area contributed by atoms with E-state index >= 15 is 0 Å². The molecule has 0 atom stereocenters. The molecule has 0 saturated heterocycles. The highest BCUT2D eigenvalue weighted by molar-refractivity contribution is 5.75. The van der Waals surface area contributed by atoms with Crippen LogP contribution >= 0.6 is 0 Å². The molecule has 0 spiro atoms. The van der Waals surface area contributed by atoms with Crippen LogP contribution in [-0.2, 0) is 0 Å². The van der Waals surface area contributed by atoms with E-state index in [1.54, 1.807) is 0 Å². The number of anilines is 1. The number of aryl methyl sites for hydroxylation is 1. The van der Waals surface area contributed by atoms with Gasteiger partial charge in [-0.15, -0.1) is 0 Å². The van der Waals surface area contributed by atoms with Gasteiger partial charge in [0.25, 0.3) is 0 Å². The summed E-state index contributed by atoms with van der Waals surface area (Å²) in [5, 5.41) is 7.91. The summed E-state index contributed by atoms with van der Waals surface area (Å²) in [6, 6.07) is 23.2. The molecule has 0 aliphatic rings. The first-order valence-corrected chi connectivity index (χ1v) is 8.08. The molecule has 24 heavy (non-hydrogen) atoms. The minimum atomic E-state index is 1.01. The fourth-order valence-corrected chi connectivity index (χ4v) is 3.02. The highest BCUT2D eigenvalue weighted by Gasteiger charge is 2.08. The summed E-state index contributed by atoms with van der Waals surface area (Å²) in [7, 11) is 1.94. The SMILES string of the molecule is CNc1cccc(-c2ccn3nc(-c4ccccc4C)cc3c2)c1. The standard InChI is InChI=1S/C21H19N3/c1-15-6-3-4-9-20(15)21-14-19-13-17(10-11-24(19)23-21)16-7-5-8-18(12-16)22-2/h3-14,22H,1-2H3. The molecule has 0 fully saturated rings. The number of nitrogens with zero attached hydrogens (tertiary/aromatic N) is 2. The third-order valence-corrected chi connectivity index (χ3v) is 4.37. The zero-order valence-corrected chi connectivity index (χ0v) is 13.8. The maximum absolute atomic E-state index is 4.72. The highest BCUT2D eigenvalue weighted by Crippen LogP contribution is 2.27. The molecule has 0 aliphatic carbocycles. The van der Waals surface area contributed by atoms with Crippen molar-refractivity contribution in [2.24, 2.45) is 0 Å². The van der Waals surface area contributed by atoms with E-state index in [9.17, 15) is 0 Å². The molecule has 2 aromatic heterocycles. The van der Waals surface area contributed by atoms with Gasteiger partial charge in [-0.1, -0.05) is 36.4 Å². The predicted molar refractivity (Wildman–Crippen MR) is 100 cm³/mol. The van der Waals surface area contributed by atoms with Crippen molar-refractivity contribution in [3.8, 4) is 22.4 Å². The van der Waals surface area contributed by atoms with Gasteiger partial charge in [-0.05, 0) is 53.9 Å². The molecule has 3 nitrogen and oxygen atoms in total. The van der Waals surface area contributed by atoms with Crippen LogP contribution < -0.4 is 5.32 Å². The number of rotatable bonds is 3. The van der Waals surface area contributed by atoms with Crippen LogP contribution in [0.1, 0.15) is 5.56 Å². The van der Waals surface area contributed by atoms with E-state index in [0.717, 1.165) is 16.9 Å². The van der Waals surface area contributed by atoms with E-state index in [2.05, 4.69) is 79.0 Å². The third kappa shape index (κ3) is 2.54. The number of fused-ring (bicyclic) bond motifs is 1. The van der Waals surface area contributed by atoms with Crippen molar-refractivity contribution in [3.05, 3.63) is 78.5 Å². The second kappa shape index (κ2) is 5.85. The van der Waals surface area contributed by atoms with Crippen molar-refractivity contribution < 1.29 is 0 Å². The molecule has 2 aromatic carbocycles. The van der Waals surface area contributed by atoms with Crippen LogP contribution in [0.25, 0.3) is 27.9 Å². The average molecular weight is 313 g/mol. The van der Waals surface area contributed by atoms with Crippen LogP contribution in [0, 0.1) is 6.92 Å². The van der Waals surface area contributed by atoms with Gasteiger partial charge in [-0.25, -0.2) is 4.52 Å². The number of benzene rings is 2. The summed E-state index contributed by atoms with van der Waals surface area (Å²) < 4.78 is 1.94. The topological polar surface area (TPSA) is 29.3 Å². The zero-order chi connectivity index (χ0) is 16.5. The summed E-state index contributed by atoms with van der Waals surface area (Å²) in [6.07, 6.45) is 2.03. The average Bonchev–Trinajstić information content (AvgIpc) is 3.05. The summed E-state index contributed by atoms with van der Waals surface area (Å²) in [6.45, 7) is 2.12. The van der Waals surface area contributed by atoms with E-state index in [4.69, 9.17) is 5.10 Å². The van der Waals surface area contributed by atoms with Gasteiger partial charge in [0, 0.05) is 24.5 Å². The Hall–Kier alpha value is -3.07. The minimum Gasteiger partial charge on any atom is -0.388 e. The number of hydrogen-bond acceptors (Lipinski definition) is 2. The lowest BCUT2D eigenvalue weighted by Gasteiger charge is -2.05. The first-order valence-electron chi connectivity index (χ1n) is 8.08. The van der Waals surface area contributed by atoms with E-state index in [1.807, 2.05) is 17.8 Å². The molecular formula is C21H19N3. The Morgan fingerprint density at radius 2 is 1.71 bits per heavy atom. The number of nitrogens with one attached hydrogen (secondary N) is 1. The molecule has 0 radical (unpaired) electrons. The van der Waals surface area contributed by atoms with Gasteiger partial charge < -0.3 is 5.32 Å². The Morgan fingerprint density at radius 1 is 0.875 bits per heavy atom. The summed E-state index contributed by atoms with van der Waals surface area (Å²) in [4.78, 5) is 0. The molecular weight excluding hydrogens is 294 g/mol. The molecule has 0 unspecified atom stereocenters.